The summed E-state index contributed by atoms with van der Waals surface area (Å²) in [6.07, 6.45) is -2.16. The van der Waals surface area contributed by atoms with Crippen molar-refractivity contribution in [3.05, 3.63) is 23.9 Å². The van der Waals surface area contributed by atoms with E-state index in [0.717, 1.165) is 6.07 Å². The molecule has 2 N–H and O–H groups in total. The molecular formula is C15H17F3N4O2. The summed E-state index contributed by atoms with van der Waals surface area (Å²) in [7, 11) is 0. The highest BCUT2D eigenvalue weighted by atomic mass is 19.4. The number of alkyl halides is 3. The molecule has 2 saturated heterocycles. The molecule has 9 heteroatoms. The van der Waals surface area contributed by atoms with E-state index in [0.29, 0.717) is 25.9 Å². The van der Waals surface area contributed by atoms with Crippen LogP contribution in [0.15, 0.2) is 18.3 Å². The Balaban J connectivity index is 1.75. The predicted molar refractivity (Wildman–Crippen MR) is 79.3 cm³/mol. The van der Waals surface area contributed by atoms with Crippen LogP contribution in [0.1, 0.15) is 25.3 Å². The van der Waals surface area contributed by atoms with Gasteiger partial charge in [-0.05, 0) is 37.8 Å². The zero-order valence-electron chi connectivity index (χ0n) is 13.0. The first-order valence-electron chi connectivity index (χ1n) is 7.62. The minimum atomic E-state index is -4.47. The molecule has 0 unspecified atom stereocenters. The molecule has 3 heterocycles. The number of hydrogen-bond donors (Lipinski definition) is 2. The van der Waals surface area contributed by atoms with Gasteiger partial charge < -0.3 is 10.2 Å². The summed E-state index contributed by atoms with van der Waals surface area (Å²) >= 11 is 0. The van der Waals surface area contributed by atoms with Gasteiger partial charge in [0.1, 0.15) is 11.4 Å². The molecule has 0 spiro atoms. The SMILES string of the molecule is C[C@]1(C2CCN(c3ncccc3C(F)(F)F)CC2)NC(=O)NC1=O. The maximum Gasteiger partial charge on any atom is 0.419 e. The molecule has 6 nitrogen and oxygen atoms in total. The molecule has 130 valence electrons. The van der Waals surface area contributed by atoms with Gasteiger partial charge in [0.25, 0.3) is 5.91 Å². The Labute approximate surface area is 136 Å². The normalized spacial score (nSPS) is 25.6. The summed E-state index contributed by atoms with van der Waals surface area (Å²) < 4.78 is 39.3. The molecule has 0 saturated carbocycles. The van der Waals surface area contributed by atoms with Crippen molar-refractivity contribution in [3.8, 4) is 0 Å². The topological polar surface area (TPSA) is 74.3 Å². The minimum Gasteiger partial charge on any atom is -0.356 e. The van der Waals surface area contributed by atoms with Crippen molar-refractivity contribution < 1.29 is 22.8 Å². The highest BCUT2D eigenvalue weighted by Gasteiger charge is 2.49. The van der Waals surface area contributed by atoms with E-state index in [1.54, 1.807) is 11.8 Å². The van der Waals surface area contributed by atoms with Gasteiger partial charge in [0.05, 0.1) is 5.56 Å². The monoisotopic (exact) mass is 342 g/mol. The van der Waals surface area contributed by atoms with Gasteiger partial charge in [-0.15, -0.1) is 0 Å². The molecule has 1 aromatic rings. The van der Waals surface area contributed by atoms with Gasteiger partial charge in [0.2, 0.25) is 0 Å². The van der Waals surface area contributed by atoms with Crippen LogP contribution in [0.25, 0.3) is 0 Å². The van der Waals surface area contributed by atoms with Crippen LogP contribution in [0.4, 0.5) is 23.8 Å². The fraction of sp³-hybridized carbons (Fsp3) is 0.533. The molecule has 0 aromatic carbocycles. The van der Waals surface area contributed by atoms with E-state index < -0.39 is 23.3 Å². The predicted octanol–water partition coefficient (Wildman–Crippen LogP) is 1.91. The molecule has 1 aromatic heterocycles. The number of carbonyl (C=O) groups is 2. The first-order valence-corrected chi connectivity index (χ1v) is 7.62. The molecule has 24 heavy (non-hydrogen) atoms. The zero-order valence-corrected chi connectivity index (χ0v) is 13.0. The Morgan fingerprint density at radius 3 is 2.50 bits per heavy atom. The third-order valence-electron chi connectivity index (χ3n) is 4.78. The van der Waals surface area contributed by atoms with Crippen LogP contribution in [0.3, 0.4) is 0 Å². The Morgan fingerprint density at radius 1 is 1.29 bits per heavy atom. The Morgan fingerprint density at radius 2 is 1.96 bits per heavy atom. The lowest BCUT2D eigenvalue weighted by Crippen LogP contribution is -2.54. The smallest absolute Gasteiger partial charge is 0.356 e. The van der Waals surface area contributed by atoms with Crippen LogP contribution in [-0.2, 0) is 11.0 Å². The first-order chi connectivity index (χ1) is 11.2. The number of rotatable bonds is 2. The molecule has 3 rings (SSSR count). The fourth-order valence-electron chi connectivity index (χ4n) is 3.38. The van der Waals surface area contributed by atoms with E-state index in [1.807, 2.05) is 0 Å². The van der Waals surface area contributed by atoms with Crippen LogP contribution < -0.4 is 15.5 Å². The number of imide groups is 1. The van der Waals surface area contributed by atoms with Gasteiger partial charge in [-0.25, -0.2) is 9.78 Å². The van der Waals surface area contributed by atoms with Gasteiger partial charge in [0.15, 0.2) is 0 Å². The number of halogens is 3. The largest absolute Gasteiger partial charge is 0.419 e. The summed E-state index contributed by atoms with van der Waals surface area (Å²) in [4.78, 5) is 28.8. The lowest BCUT2D eigenvalue weighted by Gasteiger charge is -2.39. The highest BCUT2D eigenvalue weighted by molar-refractivity contribution is 6.06. The van der Waals surface area contributed by atoms with Crippen molar-refractivity contribution >= 4 is 17.8 Å². The standard InChI is InChI=1S/C15H17F3N4O2/c1-14(12(23)20-13(24)21-14)9-4-7-22(8-5-9)11-10(15(16,17)18)3-2-6-19-11/h2-3,6,9H,4-5,7-8H2,1H3,(H2,20,21,23,24)/t14-/m1/s1. The van der Waals surface area contributed by atoms with Crippen LogP contribution in [0, 0.1) is 5.92 Å². The summed E-state index contributed by atoms with van der Waals surface area (Å²) in [6.45, 7) is 2.32. The van der Waals surface area contributed by atoms with Crippen molar-refractivity contribution in [1.29, 1.82) is 0 Å². The van der Waals surface area contributed by atoms with Crippen molar-refractivity contribution in [1.82, 2.24) is 15.6 Å². The number of aromatic nitrogens is 1. The molecule has 2 aliphatic heterocycles. The van der Waals surface area contributed by atoms with Gasteiger partial charge in [-0.1, -0.05) is 0 Å². The van der Waals surface area contributed by atoms with Crippen LogP contribution in [-0.4, -0.2) is 35.6 Å². The minimum absolute atomic E-state index is 0.0893. The maximum atomic E-state index is 13.1. The van der Waals surface area contributed by atoms with Crippen molar-refractivity contribution in [2.24, 2.45) is 5.92 Å². The first kappa shape index (κ1) is 16.5. The van der Waals surface area contributed by atoms with E-state index in [4.69, 9.17) is 0 Å². The number of nitrogens with one attached hydrogen (secondary N) is 2. The van der Waals surface area contributed by atoms with Crippen molar-refractivity contribution in [3.63, 3.8) is 0 Å². The second kappa shape index (κ2) is 5.64. The second-order valence-electron chi connectivity index (χ2n) is 6.24. The second-order valence-corrected chi connectivity index (χ2v) is 6.24. The molecule has 3 amide bonds. The maximum absolute atomic E-state index is 13.1. The lowest BCUT2D eigenvalue weighted by atomic mass is 9.79. The van der Waals surface area contributed by atoms with E-state index in [9.17, 15) is 22.8 Å². The summed E-state index contributed by atoms with van der Waals surface area (Å²) in [5.74, 6) is -0.619. The van der Waals surface area contributed by atoms with Crippen molar-refractivity contribution in [2.75, 3.05) is 18.0 Å². The summed E-state index contributed by atoms with van der Waals surface area (Å²) in [6, 6.07) is 1.74. The number of piperidine rings is 1. The number of urea groups is 1. The van der Waals surface area contributed by atoms with E-state index in [-0.39, 0.29) is 17.6 Å². The van der Waals surface area contributed by atoms with Crippen LogP contribution in [0.2, 0.25) is 0 Å². The Kier molecular flexibility index (Phi) is 3.89. The highest BCUT2D eigenvalue weighted by Crippen LogP contribution is 2.38. The summed E-state index contributed by atoms with van der Waals surface area (Å²) in [5.41, 5.74) is -1.78. The van der Waals surface area contributed by atoms with Gasteiger partial charge in [-0.3, -0.25) is 10.1 Å². The third kappa shape index (κ3) is 2.78. The molecule has 0 aliphatic carbocycles. The third-order valence-corrected chi connectivity index (χ3v) is 4.78. The molecule has 2 aliphatic rings. The summed E-state index contributed by atoms with van der Waals surface area (Å²) in [5, 5.41) is 4.84. The Hall–Kier alpha value is -2.32. The van der Waals surface area contributed by atoms with E-state index >= 15 is 0 Å². The van der Waals surface area contributed by atoms with Crippen LogP contribution in [0.5, 0.6) is 0 Å². The molecule has 1 atom stereocenters. The van der Waals surface area contributed by atoms with E-state index in [2.05, 4.69) is 15.6 Å². The Bertz CT molecular complexity index is 671. The molecule has 2 fully saturated rings. The van der Waals surface area contributed by atoms with Gasteiger partial charge >= 0.3 is 12.2 Å². The van der Waals surface area contributed by atoms with Gasteiger partial charge in [0, 0.05) is 19.3 Å². The lowest BCUT2D eigenvalue weighted by molar-refractivity contribution is -0.137. The average Bonchev–Trinajstić information content (AvgIpc) is 2.80. The van der Waals surface area contributed by atoms with Crippen LogP contribution >= 0.6 is 0 Å². The van der Waals surface area contributed by atoms with E-state index in [1.165, 1.54) is 12.3 Å². The van der Waals surface area contributed by atoms with Crippen molar-refractivity contribution in [2.45, 2.75) is 31.5 Å². The molecular weight excluding hydrogens is 325 g/mol. The number of anilines is 1. The quantitative estimate of drug-likeness (QED) is 0.806. The number of amides is 3. The average molecular weight is 342 g/mol. The molecule has 0 bridgehead atoms. The number of carbonyl (C=O) groups excluding carboxylic acids is 2. The van der Waals surface area contributed by atoms with Gasteiger partial charge in [-0.2, -0.15) is 13.2 Å². The zero-order chi connectivity index (χ0) is 17.5. The fourth-order valence-corrected chi connectivity index (χ4v) is 3.38. The number of hydrogen-bond acceptors (Lipinski definition) is 4. The number of pyridine rings is 1. The molecule has 0 radical (unpaired) electrons. The number of nitrogens with zero attached hydrogens (tertiary/aromatic N) is 2.